The van der Waals surface area contributed by atoms with E-state index < -0.39 is 0 Å². The molecular formula is C11H20N2OS. The quantitative estimate of drug-likeness (QED) is 0.722. The fourth-order valence-corrected chi connectivity index (χ4v) is 2.35. The standard InChI is InChI=1S/C11H20N2OS/c1-11(2)6-4-3-5-8(11)10(14)13-7-9(12)15/h8H,3-7H2,1-2H3,(H2,12,15)(H,13,14). The Hall–Kier alpha value is -0.640. The summed E-state index contributed by atoms with van der Waals surface area (Å²) in [6.07, 6.45) is 4.48. The molecule has 0 saturated heterocycles. The maximum Gasteiger partial charge on any atom is 0.223 e. The van der Waals surface area contributed by atoms with E-state index in [-0.39, 0.29) is 17.2 Å². The van der Waals surface area contributed by atoms with Gasteiger partial charge in [0.25, 0.3) is 0 Å². The van der Waals surface area contributed by atoms with Crippen LogP contribution in [0.4, 0.5) is 0 Å². The second-order valence-electron chi connectivity index (χ2n) is 4.97. The highest BCUT2D eigenvalue weighted by molar-refractivity contribution is 7.80. The largest absolute Gasteiger partial charge is 0.392 e. The normalized spacial score (nSPS) is 24.5. The number of hydrogen-bond donors (Lipinski definition) is 2. The molecule has 3 nitrogen and oxygen atoms in total. The van der Waals surface area contributed by atoms with Crippen LogP contribution in [-0.2, 0) is 4.79 Å². The van der Waals surface area contributed by atoms with E-state index in [0.29, 0.717) is 11.5 Å². The Bertz CT molecular complexity index is 263. The molecular weight excluding hydrogens is 208 g/mol. The van der Waals surface area contributed by atoms with Crippen molar-refractivity contribution in [1.29, 1.82) is 0 Å². The lowest BCUT2D eigenvalue weighted by Gasteiger charge is -2.37. The highest BCUT2D eigenvalue weighted by Crippen LogP contribution is 2.40. The third-order valence-electron chi connectivity index (χ3n) is 3.26. The molecule has 86 valence electrons. The van der Waals surface area contributed by atoms with Gasteiger partial charge in [0.2, 0.25) is 5.91 Å². The Balaban J connectivity index is 2.53. The van der Waals surface area contributed by atoms with Crippen LogP contribution in [0.25, 0.3) is 0 Å². The van der Waals surface area contributed by atoms with Crippen LogP contribution in [0.2, 0.25) is 0 Å². The SMILES string of the molecule is CC1(C)CCCCC1C(=O)NCC(N)=S. The summed E-state index contributed by atoms with van der Waals surface area (Å²) in [5.74, 6) is 0.216. The first-order chi connectivity index (χ1) is 6.93. The van der Waals surface area contributed by atoms with E-state index in [1.54, 1.807) is 0 Å². The molecule has 0 spiro atoms. The monoisotopic (exact) mass is 228 g/mol. The lowest BCUT2D eigenvalue weighted by Crippen LogP contribution is -2.43. The average molecular weight is 228 g/mol. The average Bonchev–Trinajstić information content (AvgIpc) is 2.13. The number of nitrogens with two attached hydrogens (primary N) is 1. The zero-order chi connectivity index (χ0) is 11.5. The van der Waals surface area contributed by atoms with E-state index in [1.807, 2.05) is 0 Å². The second kappa shape index (κ2) is 4.92. The van der Waals surface area contributed by atoms with Gasteiger partial charge in [-0.2, -0.15) is 0 Å². The van der Waals surface area contributed by atoms with Crippen molar-refractivity contribution in [2.75, 3.05) is 6.54 Å². The van der Waals surface area contributed by atoms with Crippen molar-refractivity contribution < 1.29 is 4.79 Å². The molecule has 3 N–H and O–H groups in total. The molecule has 4 heteroatoms. The summed E-state index contributed by atoms with van der Waals surface area (Å²) in [5.41, 5.74) is 5.46. The molecule has 1 unspecified atom stereocenters. The third-order valence-corrected chi connectivity index (χ3v) is 3.40. The molecule has 0 heterocycles. The van der Waals surface area contributed by atoms with Gasteiger partial charge in [-0.15, -0.1) is 0 Å². The number of carbonyl (C=O) groups is 1. The molecule has 0 aromatic heterocycles. The van der Waals surface area contributed by atoms with Crippen molar-refractivity contribution in [3.8, 4) is 0 Å². The van der Waals surface area contributed by atoms with Crippen LogP contribution in [0, 0.1) is 11.3 Å². The van der Waals surface area contributed by atoms with Crippen LogP contribution in [-0.4, -0.2) is 17.4 Å². The summed E-state index contributed by atoms with van der Waals surface area (Å²) in [4.78, 5) is 12.2. The van der Waals surface area contributed by atoms with Crippen molar-refractivity contribution in [3.63, 3.8) is 0 Å². The van der Waals surface area contributed by atoms with E-state index in [9.17, 15) is 4.79 Å². The van der Waals surface area contributed by atoms with Crippen LogP contribution in [0.1, 0.15) is 39.5 Å². The minimum absolute atomic E-state index is 0.104. The molecule has 0 bridgehead atoms. The number of hydrogen-bond acceptors (Lipinski definition) is 2. The molecule has 1 saturated carbocycles. The first-order valence-corrected chi connectivity index (χ1v) is 5.90. The molecule has 1 fully saturated rings. The third kappa shape index (κ3) is 3.45. The zero-order valence-electron chi connectivity index (χ0n) is 9.51. The molecule has 1 atom stereocenters. The topological polar surface area (TPSA) is 55.1 Å². The highest BCUT2D eigenvalue weighted by atomic mass is 32.1. The van der Waals surface area contributed by atoms with Gasteiger partial charge in [0.05, 0.1) is 11.5 Å². The molecule has 1 aliphatic rings. The Morgan fingerprint density at radius 3 is 2.73 bits per heavy atom. The summed E-state index contributed by atoms with van der Waals surface area (Å²) in [5, 5.41) is 2.80. The lowest BCUT2D eigenvalue weighted by molar-refractivity contribution is -0.129. The first kappa shape index (κ1) is 12.4. The Morgan fingerprint density at radius 2 is 2.20 bits per heavy atom. The van der Waals surface area contributed by atoms with E-state index in [4.69, 9.17) is 18.0 Å². The van der Waals surface area contributed by atoms with E-state index >= 15 is 0 Å². The first-order valence-electron chi connectivity index (χ1n) is 5.49. The maximum atomic E-state index is 11.9. The number of amides is 1. The Kier molecular flexibility index (Phi) is 4.08. The molecule has 0 aromatic rings. The summed E-state index contributed by atoms with van der Waals surface area (Å²) >= 11 is 4.74. The van der Waals surface area contributed by atoms with Gasteiger partial charge in [0, 0.05) is 5.92 Å². The second-order valence-corrected chi connectivity index (χ2v) is 5.50. The van der Waals surface area contributed by atoms with Crippen LogP contribution in [0.3, 0.4) is 0 Å². The van der Waals surface area contributed by atoms with Gasteiger partial charge in [-0.05, 0) is 18.3 Å². The van der Waals surface area contributed by atoms with Crippen molar-refractivity contribution >= 4 is 23.1 Å². The van der Waals surface area contributed by atoms with Gasteiger partial charge >= 0.3 is 0 Å². The van der Waals surface area contributed by atoms with E-state index in [0.717, 1.165) is 19.3 Å². The van der Waals surface area contributed by atoms with Crippen LogP contribution >= 0.6 is 12.2 Å². The minimum atomic E-state index is 0.104. The Labute approximate surface area is 96.8 Å². The molecule has 15 heavy (non-hydrogen) atoms. The zero-order valence-corrected chi connectivity index (χ0v) is 10.3. The van der Waals surface area contributed by atoms with Gasteiger partial charge in [0.15, 0.2) is 0 Å². The van der Waals surface area contributed by atoms with Crippen molar-refractivity contribution in [3.05, 3.63) is 0 Å². The molecule has 1 aliphatic carbocycles. The predicted octanol–water partition coefficient (Wildman–Crippen LogP) is 1.61. The smallest absolute Gasteiger partial charge is 0.223 e. The van der Waals surface area contributed by atoms with Crippen LogP contribution in [0.5, 0.6) is 0 Å². The van der Waals surface area contributed by atoms with Gasteiger partial charge in [-0.3, -0.25) is 4.79 Å². The molecule has 0 aromatic carbocycles. The van der Waals surface area contributed by atoms with Gasteiger partial charge in [-0.25, -0.2) is 0 Å². The van der Waals surface area contributed by atoms with E-state index in [2.05, 4.69) is 19.2 Å². The van der Waals surface area contributed by atoms with Gasteiger partial charge in [-0.1, -0.05) is 38.9 Å². The van der Waals surface area contributed by atoms with Gasteiger partial charge in [0.1, 0.15) is 0 Å². The minimum Gasteiger partial charge on any atom is -0.392 e. The summed E-state index contributed by atoms with van der Waals surface area (Å²) < 4.78 is 0. The highest BCUT2D eigenvalue weighted by Gasteiger charge is 2.36. The molecule has 0 aliphatic heterocycles. The van der Waals surface area contributed by atoms with Crippen molar-refractivity contribution in [1.82, 2.24) is 5.32 Å². The maximum absolute atomic E-state index is 11.9. The van der Waals surface area contributed by atoms with Crippen molar-refractivity contribution in [2.45, 2.75) is 39.5 Å². The lowest BCUT2D eigenvalue weighted by atomic mass is 9.68. The predicted molar refractivity (Wildman–Crippen MR) is 65.5 cm³/mol. The summed E-state index contributed by atoms with van der Waals surface area (Å²) in [7, 11) is 0. The van der Waals surface area contributed by atoms with E-state index in [1.165, 1.54) is 6.42 Å². The number of thiocarbonyl (C=S) groups is 1. The van der Waals surface area contributed by atoms with Crippen LogP contribution < -0.4 is 11.1 Å². The number of carbonyl (C=O) groups excluding carboxylic acids is 1. The van der Waals surface area contributed by atoms with Crippen molar-refractivity contribution in [2.24, 2.45) is 17.1 Å². The fourth-order valence-electron chi connectivity index (χ4n) is 2.28. The summed E-state index contributed by atoms with van der Waals surface area (Å²) in [6.45, 7) is 4.65. The summed E-state index contributed by atoms with van der Waals surface area (Å²) in [6, 6.07) is 0. The van der Waals surface area contributed by atoms with Crippen LogP contribution in [0.15, 0.2) is 0 Å². The fraction of sp³-hybridized carbons (Fsp3) is 0.818. The van der Waals surface area contributed by atoms with Gasteiger partial charge < -0.3 is 11.1 Å². The molecule has 1 rings (SSSR count). The Morgan fingerprint density at radius 1 is 1.53 bits per heavy atom. The number of rotatable bonds is 3. The number of nitrogens with one attached hydrogen (secondary N) is 1. The molecule has 1 amide bonds. The molecule has 0 radical (unpaired) electrons.